The first kappa shape index (κ1) is 14.0. The number of amides is 2. The molecule has 0 saturated carbocycles. The van der Waals surface area contributed by atoms with Crippen LogP contribution in [-0.4, -0.2) is 48.3 Å². The number of carbonyl (C=O) groups is 2. The lowest BCUT2D eigenvalue weighted by atomic mass is 10.2. The highest BCUT2D eigenvalue weighted by Crippen LogP contribution is 2.10. The lowest BCUT2D eigenvalue weighted by molar-refractivity contribution is -0.151. The Hall–Kier alpha value is -1.06. The molecule has 1 aliphatic rings. The largest absolute Gasteiger partial charge is 0.338 e. The number of likely N-dealkylation sites (N-methyl/N-ethyl adjacent to an activating group) is 1. The molecule has 0 aromatic heterocycles. The molecular formula is C13H24N2O2. The monoisotopic (exact) mass is 240 g/mol. The van der Waals surface area contributed by atoms with E-state index in [1.54, 1.807) is 16.8 Å². The van der Waals surface area contributed by atoms with Gasteiger partial charge in [0.25, 0.3) is 0 Å². The highest BCUT2D eigenvalue weighted by Gasteiger charge is 2.24. The Bertz CT molecular complexity index is 258. The zero-order chi connectivity index (χ0) is 12.7. The SMILES string of the molecule is CCCCN(C)C(=O)C(=O)N1CCCCCC1. The summed E-state index contributed by atoms with van der Waals surface area (Å²) in [4.78, 5) is 27.2. The predicted molar refractivity (Wildman–Crippen MR) is 67.6 cm³/mol. The lowest BCUT2D eigenvalue weighted by Gasteiger charge is -2.23. The van der Waals surface area contributed by atoms with Gasteiger partial charge in [0.1, 0.15) is 0 Å². The van der Waals surface area contributed by atoms with Crippen molar-refractivity contribution in [2.75, 3.05) is 26.7 Å². The van der Waals surface area contributed by atoms with E-state index >= 15 is 0 Å². The van der Waals surface area contributed by atoms with E-state index < -0.39 is 0 Å². The zero-order valence-corrected chi connectivity index (χ0v) is 11.1. The number of rotatable bonds is 3. The third-order valence-corrected chi connectivity index (χ3v) is 3.27. The van der Waals surface area contributed by atoms with Crippen LogP contribution in [0.2, 0.25) is 0 Å². The minimum atomic E-state index is -0.347. The maximum absolute atomic E-state index is 12.0. The van der Waals surface area contributed by atoms with Gasteiger partial charge in [-0.15, -0.1) is 0 Å². The van der Waals surface area contributed by atoms with Crippen molar-refractivity contribution < 1.29 is 9.59 Å². The van der Waals surface area contributed by atoms with Gasteiger partial charge < -0.3 is 9.80 Å². The van der Waals surface area contributed by atoms with Gasteiger partial charge in [0.2, 0.25) is 0 Å². The molecule has 17 heavy (non-hydrogen) atoms. The van der Waals surface area contributed by atoms with Crippen molar-refractivity contribution in [3.63, 3.8) is 0 Å². The minimum absolute atomic E-state index is 0.314. The lowest BCUT2D eigenvalue weighted by Crippen LogP contribution is -2.44. The molecule has 0 aromatic carbocycles. The Morgan fingerprint density at radius 2 is 1.71 bits per heavy atom. The molecule has 0 aliphatic carbocycles. The number of nitrogens with zero attached hydrogens (tertiary/aromatic N) is 2. The Balaban J connectivity index is 2.46. The van der Waals surface area contributed by atoms with Crippen molar-refractivity contribution in [2.45, 2.75) is 45.4 Å². The van der Waals surface area contributed by atoms with Gasteiger partial charge in [0, 0.05) is 26.7 Å². The number of unbranched alkanes of at least 4 members (excludes halogenated alkanes) is 1. The molecule has 0 radical (unpaired) electrons. The first-order valence-electron chi connectivity index (χ1n) is 6.71. The van der Waals surface area contributed by atoms with Gasteiger partial charge in [0.15, 0.2) is 0 Å². The second-order valence-electron chi connectivity index (χ2n) is 4.79. The first-order chi connectivity index (χ1) is 8.16. The fourth-order valence-corrected chi connectivity index (χ4v) is 2.07. The summed E-state index contributed by atoms with van der Waals surface area (Å²) in [5, 5.41) is 0. The normalized spacial score (nSPS) is 16.5. The Morgan fingerprint density at radius 1 is 1.12 bits per heavy atom. The molecule has 0 spiro atoms. The van der Waals surface area contributed by atoms with Crippen LogP contribution in [0.15, 0.2) is 0 Å². The Labute approximate surface area is 104 Å². The van der Waals surface area contributed by atoms with Crippen LogP contribution in [0.25, 0.3) is 0 Å². The van der Waals surface area contributed by atoms with Gasteiger partial charge in [0.05, 0.1) is 0 Å². The topological polar surface area (TPSA) is 40.6 Å². The molecule has 0 bridgehead atoms. The highest BCUT2D eigenvalue weighted by molar-refractivity contribution is 6.34. The Kier molecular flexibility index (Phi) is 6.01. The van der Waals surface area contributed by atoms with Gasteiger partial charge in [-0.2, -0.15) is 0 Å². The van der Waals surface area contributed by atoms with Crippen LogP contribution in [0.4, 0.5) is 0 Å². The van der Waals surface area contributed by atoms with Gasteiger partial charge >= 0.3 is 11.8 Å². The van der Waals surface area contributed by atoms with E-state index in [4.69, 9.17) is 0 Å². The number of carbonyl (C=O) groups excluding carboxylic acids is 2. The van der Waals surface area contributed by atoms with Crippen LogP contribution in [0.5, 0.6) is 0 Å². The second kappa shape index (κ2) is 7.30. The number of hydrogen-bond acceptors (Lipinski definition) is 2. The molecule has 0 unspecified atom stereocenters. The molecule has 1 rings (SSSR count). The summed E-state index contributed by atoms with van der Waals surface area (Å²) in [7, 11) is 1.72. The number of hydrogen-bond donors (Lipinski definition) is 0. The van der Waals surface area contributed by atoms with Gasteiger partial charge in [-0.05, 0) is 19.3 Å². The summed E-state index contributed by atoms with van der Waals surface area (Å²) in [5.41, 5.74) is 0. The molecule has 0 atom stereocenters. The summed E-state index contributed by atoms with van der Waals surface area (Å²) < 4.78 is 0. The van der Waals surface area contributed by atoms with Gasteiger partial charge in [-0.3, -0.25) is 9.59 Å². The van der Waals surface area contributed by atoms with E-state index in [9.17, 15) is 9.59 Å². The quantitative estimate of drug-likeness (QED) is 0.704. The molecule has 1 fully saturated rings. The van der Waals surface area contributed by atoms with Gasteiger partial charge in [-0.1, -0.05) is 26.2 Å². The molecule has 98 valence electrons. The summed E-state index contributed by atoms with van der Waals surface area (Å²) in [6.45, 7) is 4.24. The smallest absolute Gasteiger partial charge is 0.312 e. The fraction of sp³-hybridized carbons (Fsp3) is 0.846. The van der Waals surface area contributed by atoms with E-state index in [2.05, 4.69) is 6.92 Å². The maximum Gasteiger partial charge on any atom is 0.312 e. The second-order valence-corrected chi connectivity index (χ2v) is 4.79. The van der Waals surface area contributed by atoms with Crippen molar-refractivity contribution in [1.82, 2.24) is 9.80 Å². The number of likely N-dealkylation sites (tertiary alicyclic amines) is 1. The molecule has 1 saturated heterocycles. The molecule has 4 heteroatoms. The standard InChI is InChI=1S/C13H24N2O2/c1-3-4-9-14(2)12(16)13(17)15-10-7-5-6-8-11-15/h3-11H2,1-2H3. The average Bonchev–Trinajstić information content (AvgIpc) is 2.62. The van der Waals surface area contributed by atoms with Crippen LogP contribution in [0.3, 0.4) is 0 Å². The van der Waals surface area contributed by atoms with Crippen LogP contribution in [0.1, 0.15) is 45.4 Å². The van der Waals surface area contributed by atoms with Crippen LogP contribution < -0.4 is 0 Å². The van der Waals surface area contributed by atoms with Crippen LogP contribution >= 0.6 is 0 Å². The van der Waals surface area contributed by atoms with Crippen molar-refractivity contribution in [1.29, 1.82) is 0 Å². The summed E-state index contributed by atoms with van der Waals surface area (Å²) in [6.07, 6.45) is 6.38. The average molecular weight is 240 g/mol. The van der Waals surface area contributed by atoms with E-state index in [1.165, 1.54) is 12.8 Å². The Morgan fingerprint density at radius 3 is 2.24 bits per heavy atom. The fourth-order valence-electron chi connectivity index (χ4n) is 2.07. The first-order valence-corrected chi connectivity index (χ1v) is 6.71. The summed E-state index contributed by atoms with van der Waals surface area (Å²) in [6, 6.07) is 0. The van der Waals surface area contributed by atoms with E-state index in [1.807, 2.05) is 0 Å². The summed E-state index contributed by atoms with van der Waals surface area (Å²) >= 11 is 0. The van der Waals surface area contributed by atoms with Crippen LogP contribution in [0, 0.1) is 0 Å². The van der Waals surface area contributed by atoms with Crippen molar-refractivity contribution in [3.8, 4) is 0 Å². The van der Waals surface area contributed by atoms with Crippen molar-refractivity contribution in [3.05, 3.63) is 0 Å². The van der Waals surface area contributed by atoms with E-state index in [0.717, 1.165) is 38.8 Å². The molecule has 0 N–H and O–H groups in total. The molecule has 2 amide bonds. The van der Waals surface area contributed by atoms with Crippen molar-refractivity contribution in [2.24, 2.45) is 0 Å². The predicted octanol–water partition coefficient (Wildman–Crippen LogP) is 1.65. The van der Waals surface area contributed by atoms with Crippen LogP contribution in [-0.2, 0) is 9.59 Å². The third-order valence-electron chi connectivity index (χ3n) is 3.27. The zero-order valence-electron chi connectivity index (χ0n) is 11.1. The third kappa shape index (κ3) is 4.36. The van der Waals surface area contributed by atoms with Gasteiger partial charge in [-0.25, -0.2) is 0 Å². The van der Waals surface area contributed by atoms with Crippen molar-refractivity contribution >= 4 is 11.8 Å². The highest BCUT2D eigenvalue weighted by atomic mass is 16.2. The molecule has 1 aliphatic heterocycles. The maximum atomic E-state index is 12.0. The molecule has 1 heterocycles. The van der Waals surface area contributed by atoms with E-state index in [-0.39, 0.29) is 11.8 Å². The molecule has 4 nitrogen and oxygen atoms in total. The molecular weight excluding hydrogens is 216 g/mol. The van der Waals surface area contributed by atoms with E-state index in [0.29, 0.717) is 6.54 Å². The summed E-state index contributed by atoms with van der Waals surface area (Å²) in [5.74, 6) is -0.661. The minimum Gasteiger partial charge on any atom is -0.338 e. The molecule has 0 aromatic rings.